The van der Waals surface area contributed by atoms with Gasteiger partial charge in [-0.2, -0.15) is 13.2 Å². The normalized spacial score (nSPS) is 24.1. The minimum atomic E-state index is -4.03. The van der Waals surface area contributed by atoms with E-state index >= 15 is 0 Å². The summed E-state index contributed by atoms with van der Waals surface area (Å²) < 4.78 is 38.1. The van der Waals surface area contributed by atoms with Crippen LogP contribution >= 0.6 is 11.3 Å². The van der Waals surface area contributed by atoms with Gasteiger partial charge in [-0.05, 0) is 48.6 Å². The molecular weight excluding hydrogens is 259 g/mol. The first-order valence-electron chi connectivity index (χ1n) is 6.42. The molecule has 2 aliphatic carbocycles. The maximum Gasteiger partial charge on any atom is 0.392 e. The summed E-state index contributed by atoms with van der Waals surface area (Å²) in [4.78, 5) is 0.955. The molecule has 5 heteroatoms. The van der Waals surface area contributed by atoms with Gasteiger partial charge in [0.25, 0.3) is 0 Å². The molecule has 3 rings (SSSR count). The number of alkyl halides is 3. The molecular formula is C13H16F3NS. The van der Waals surface area contributed by atoms with Gasteiger partial charge in [0, 0.05) is 17.5 Å². The Labute approximate surface area is 108 Å². The van der Waals surface area contributed by atoms with E-state index in [0.717, 1.165) is 11.4 Å². The second-order valence-corrected chi connectivity index (χ2v) is 6.26. The molecule has 0 spiro atoms. The van der Waals surface area contributed by atoms with Crippen molar-refractivity contribution in [2.24, 2.45) is 5.92 Å². The van der Waals surface area contributed by atoms with Crippen LogP contribution in [0.15, 0.2) is 5.38 Å². The maximum atomic E-state index is 12.7. The zero-order valence-electron chi connectivity index (χ0n) is 10.0. The van der Waals surface area contributed by atoms with Crippen LogP contribution < -0.4 is 5.32 Å². The highest BCUT2D eigenvalue weighted by Gasteiger charge is 2.41. The number of hydrogen-bond acceptors (Lipinski definition) is 2. The zero-order chi connectivity index (χ0) is 12.8. The van der Waals surface area contributed by atoms with E-state index in [2.05, 4.69) is 5.32 Å². The molecule has 1 N–H and O–H groups in total. The van der Waals surface area contributed by atoms with E-state index in [0.29, 0.717) is 12.5 Å². The van der Waals surface area contributed by atoms with Crippen molar-refractivity contribution >= 4 is 11.3 Å². The van der Waals surface area contributed by atoms with Crippen LogP contribution in [-0.2, 0) is 19.4 Å². The first-order valence-corrected chi connectivity index (χ1v) is 7.30. The van der Waals surface area contributed by atoms with Crippen LogP contribution in [0, 0.1) is 5.92 Å². The third-order valence-electron chi connectivity index (χ3n) is 3.86. The number of fused-ring (bicyclic) bond motifs is 1. The third-order valence-corrected chi connectivity index (χ3v) is 4.96. The van der Waals surface area contributed by atoms with E-state index in [1.54, 1.807) is 0 Å². The van der Waals surface area contributed by atoms with Gasteiger partial charge in [0.15, 0.2) is 0 Å². The summed E-state index contributed by atoms with van der Waals surface area (Å²) in [5, 5.41) is 5.48. The Morgan fingerprint density at radius 3 is 2.72 bits per heavy atom. The Hall–Kier alpha value is -0.550. The summed E-state index contributed by atoms with van der Waals surface area (Å²) in [7, 11) is 0. The fraction of sp³-hybridized carbons (Fsp3) is 0.692. The molecule has 1 unspecified atom stereocenters. The fourth-order valence-corrected chi connectivity index (χ4v) is 3.73. The molecule has 0 amide bonds. The molecule has 18 heavy (non-hydrogen) atoms. The largest absolute Gasteiger partial charge is 0.392 e. The molecule has 1 nitrogen and oxygen atoms in total. The second kappa shape index (κ2) is 4.53. The van der Waals surface area contributed by atoms with Crippen molar-refractivity contribution in [3.05, 3.63) is 21.4 Å². The van der Waals surface area contributed by atoms with Crippen molar-refractivity contribution in [1.29, 1.82) is 0 Å². The van der Waals surface area contributed by atoms with Crippen LogP contribution in [-0.4, -0.2) is 12.2 Å². The SMILES string of the molecule is FC(F)(F)C1CCc2c(CNC3CC3)csc2C1. The lowest BCUT2D eigenvalue weighted by Gasteiger charge is -2.25. The van der Waals surface area contributed by atoms with Gasteiger partial charge in [0.05, 0.1) is 5.92 Å². The maximum absolute atomic E-state index is 12.7. The molecule has 0 radical (unpaired) electrons. The number of rotatable bonds is 3. The molecule has 1 aromatic heterocycles. The van der Waals surface area contributed by atoms with Crippen molar-refractivity contribution in [2.75, 3.05) is 0 Å². The van der Waals surface area contributed by atoms with Crippen LogP contribution in [0.1, 0.15) is 35.3 Å². The minimum absolute atomic E-state index is 0.187. The topological polar surface area (TPSA) is 12.0 Å². The van der Waals surface area contributed by atoms with E-state index in [1.165, 1.54) is 35.3 Å². The average molecular weight is 275 g/mol. The summed E-state index contributed by atoms with van der Waals surface area (Å²) in [6.45, 7) is 0.827. The molecule has 1 fully saturated rings. The summed E-state index contributed by atoms with van der Waals surface area (Å²) in [6, 6.07) is 0.645. The second-order valence-electron chi connectivity index (χ2n) is 5.30. The average Bonchev–Trinajstić information content (AvgIpc) is 3.05. The van der Waals surface area contributed by atoms with Crippen LogP contribution in [0.3, 0.4) is 0 Å². The molecule has 0 aromatic carbocycles. The van der Waals surface area contributed by atoms with Crippen molar-refractivity contribution in [3.8, 4) is 0 Å². The Balaban J connectivity index is 1.69. The van der Waals surface area contributed by atoms with Crippen molar-refractivity contribution in [2.45, 2.75) is 50.9 Å². The lowest BCUT2D eigenvalue weighted by molar-refractivity contribution is -0.176. The van der Waals surface area contributed by atoms with Crippen LogP contribution in [0.25, 0.3) is 0 Å². The van der Waals surface area contributed by atoms with Crippen LogP contribution in [0.2, 0.25) is 0 Å². The van der Waals surface area contributed by atoms with Crippen molar-refractivity contribution in [1.82, 2.24) is 5.32 Å². The summed E-state index contributed by atoms with van der Waals surface area (Å²) >= 11 is 1.50. The van der Waals surface area contributed by atoms with Gasteiger partial charge in [0.1, 0.15) is 0 Å². The van der Waals surface area contributed by atoms with E-state index in [9.17, 15) is 13.2 Å². The van der Waals surface area contributed by atoms with Gasteiger partial charge < -0.3 is 5.32 Å². The zero-order valence-corrected chi connectivity index (χ0v) is 10.8. The van der Waals surface area contributed by atoms with Gasteiger partial charge in [-0.1, -0.05) is 0 Å². The molecule has 0 aliphatic heterocycles. The van der Waals surface area contributed by atoms with Crippen LogP contribution in [0.4, 0.5) is 13.2 Å². The summed E-state index contributed by atoms with van der Waals surface area (Å²) in [6.07, 6.45) is -0.527. The Morgan fingerprint density at radius 1 is 1.28 bits per heavy atom. The molecule has 1 aromatic rings. The third kappa shape index (κ3) is 2.57. The predicted molar refractivity (Wildman–Crippen MR) is 65.8 cm³/mol. The van der Waals surface area contributed by atoms with Gasteiger partial charge in [-0.15, -0.1) is 11.3 Å². The highest BCUT2D eigenvalue weighted by molar-refractivity contribution is 7.10. The quantitative estimate of drug-likeness (QED) is 0.887. The highest BCUT2D eigenvalue weighted by atomic mass is 32.1. The number of hydrogen-bond donors (Lipinski definition) is 1. The molecule has 100 valence electrons. The van der Waals surface area contributed by atoms with Gasteiger partial charge in [0.2, 0.25) is 0 Å². The Morgan fingerprint density at radius 2 is 2.06 bits per heavy atom. The van der Waals surface area contributed by atoms with Gasteiger partial charge in [-0.25, -0.2) is 0 Å². The monoisotopic (exact) mass is 275 g/mol. The van der Waals surface area contributed by atoms with Gasteiger partial charge in [-0.3, -0.25) is 0 Å². The molecule has 0 bridgehead atoms. The highest BCUT2D eigenvalue weighted by Crippen LogP contribution is 2.40. The summed E-state index contributed by atoms with van der Waals surface area (Å²) in [5.41, 5.74) is 2.41. The van der Waals surface area contributed by atoms with Crippen molar-refractivity contribution < 1.29 is 13.2 Å². The summed E-state index contributed by atoms with van der Waals surface area (Å²) in [5.74, 6) is -1.13. The first-order chi connectivity index (χ1) is 8.54. The van der Waals surface area contributed by atoms with E-state index < -0.39 is 12.1 Å². The minimum Gasteiger partial charge on any atom is -0.310 e. The van der Waals surface area contributed by atoms with Crippen LogP contribution in [0.5, 0.6) is 0 Å². The number of nitrogens with one attached hydrogen (secondary N) is 1. The van der Waals surface area contributed by atoms with E-state index in [1.807, 2.05) is 5.38 Å². The Bertz CT molecular complexity index is 434. The fourth-order valence-electron chi connectivity index (χ4n) is 2.55. The first kappa shape index (κ1) is 12.5. The smallest absolute Gasteiger partial charge is 0.310 e. The molecule has 0 saturated heterocycles. The lowest BCUT2D eigenvalue weighted by Crippen LogP contribution is -2.28. The standard InChI is InChI=1S/C13H16F3NS/c14-13(15,16)9-1-4-11-8(6-17-10-2-3-10)7-18-12(11)5-9/h7,9-10,17H,1-6H2. The molecule has 2 aliphatic rings. The van der Waals surface area contributed by atoms with Gasteiger partial charge >= 0.3 is 6.18 Å². The molecule has 1 heterocycles. The van der Waals surface area contributed by atoms with E-state index in [4.69, 9.17) is 0 Å². The predicted octanol–water partition coefficient (Wildman–Crippen LogP) is 3.67. The van der Waals surface area contributed by atoms with Crippen molar-refractivity contribution in [3.63, 3.8) is 0 Å². The lowest BCUT2D eigenvalue weighted by atomic mass is 9.87. The van der Waals surface area contributed by atoms with E-state index in [-0.39, 0.29) is 12.8 Å². The number of halogens is 3. The molecule has 1 atom stereocenters. The molecule has 1 saturated carbocycles. The number of thiophene rings is 1. The Kier molecular flexibility index (Phi) is 3.14.